The van der Waals surface area contributed by atoms with E-state index in [-0.39, 0.29) is 0 Å². The van der Waals surface area contributed by atoms with E-state index in [1.807, 2.05) is 77.8 Å². The molecule has 0 saturated heterocycles. The SMILES string of the molecule is COc1cccc(-c2nnc(SCc3c(C#N)c(C)nn3-c3ccccc3)n2C)c1. The molecule has 0 spiro atoms. The van der Waals surface area contributed by atoms with Crippen LogP contribution >= 0.6 is 11.8 Å². The number of para-hydroxylation sites is 1. The first-order valence-corrected chi connectivity index (χ1v) is 10.3. The summed E-state index contributed by atoms with van der Waals surface area (Å²) >= 11 is 1.52. The highest BCUT2D eigenvalue weighted by Crippen LogP contribution is 2.29. The van der Waals surface area contributed by atoms with E-state index < -0.39 is 0 Å². The van der Waals surface area contributed by atoms with Crippen LogP contribution < -0.4 is 4.74 Å². The molecule has 0 aliphatic carbocycles. The van der Waals surface area contributed by atoms with E-state index in [9.17, 15) is 5.26 Å². The fraction of sp³-hybridized carbons (Fsp3) is 0.182. The lowest BCUT2D eigenvalue weighted by molar-refractivity contribution is 0.415. The van der Waals surface area contributed by atoms with Gasteiger partial charge in [-0.15, -0.1) is 10.2 Å². The molecule has 2 aromatic heterocycles. The summed E-state index contributed by atoms with van der Waals surface area (Å²) in [5.74, 6) is 2.07. The third-order valence-electron chi connectivity index (χ3n) is 4.77. The van der Waals surface area contributed by atoms with Gasteiger partial charge in [0.05, 0.1) is 29.7 Å². The van der Waals surface area contributed by atoms with E-state index in [2.05, 4.69) is 21.4 Å². The minimum absolute atomic E-state index is 0.544. The van der Waals surface area contributed by atoms with Gasteiger partial charge in [0.15, 0.2) is 11.0 Å². The standard InChI is InChI=1S/C22H20N6OS/c1-15-19(13-23)20(28(26-15)17-9-5-4-6-10-17)14-30-22-25-24-21(27(22)2)16-8-7-11-18(12-16)29-3/h4-12H,14H2,1-3H3. The third-order valence-corrected chi connectivity index (χ3v) is 5.80. The summed E-state index contributed by atoms with van der Waals surface area (Å²) in [5, 5.41) is 23.7. The average Bonchev–Trinajstić information content (AvgIpc) is 3.31. The Balaban J connectivity index is 1.63. The van der Waals surface area contributed by atoms with Gasteiger partial charge in [0.1, 0.15) is 11.8 Å². The normalized spacial score (nSPS) is 10.7. The molecule has 7 nitrogen and oxygen atoms in total. The first-order chi connectivity index (χ1) is 14.6. The van der Waals surface area contributed by atoms with Crippen molar-refractivity contribution in [3.05, 3.63) is 71.5 Å². The molecule has 0 N–H and O–H groups in total. The number of rotatable bonds is 6. The highest BCUT2D eigenvalue weighted by molar-refractivity contribution is 7.98. The maximum Gasteiger partial charge on any atom is 0.191 e. The van der Waals surface area contributed by atoms with Gasteiger partial charge >= 0.3 is 0 Å². The molecule has 2 heterocycles. The number of aryl methyl sites for hydroxylation is 1. The van der Waals surface area contributed by atoms with E-state index in [0.29, 0.717) is 17.0 Å². The molecule has 0 fully saturated rings. The second-order valence-electron chi connectivity index (χ2n) is 6.65. The van der Waals surface area contributed by atoms with Gasteiger partial charge < -0.3 is 9.30 Å². The zero-order valence-corrected chi connectivity index (χ0v) is 17.7. The van der Waals surface area contributed by atoms with Gasteiger partial charge in [0.2, 0.25) is 0 Å². The molecule has 0 bridgehead atoms. The lowest BCUT2D eigenvalue weighted by Gasteiger charge is -2.08. The Labute approximate surface area is 178 Å². The zero-order chi connectivity index (χ0) is 21.1. The number of methoxy groups -OCH3 is 1. The van der Waals surface area contributed by atoms with Gasteiger partial charge in [0.25, 0.3) is 0 Å². The Hall–Kier alpha value is -3.57. The van der Waals surface area contributed by atoms with Crippen molar-refractivity contribution in [3.8, 4) is 28.9 Å². The van der Waals surface area contributed by atoms with Crippen LogP contribution in [0.1, 0.15) is 17.0 Å². The van der Waals surface area contributed by atoms with Crippen molar-refractivity contribution in [1.29, 1.82) is 5.26 Å². The second kappa shape index (κ2) is 8.43. The van der Waals surface area contributed by atoms with E-state index in [1.54, 1.807) is 7.11 Å². The zero-order valence-electron chi connectivity index (χ0n) is 16.9. The molecule has 4 rings (SSSR count). The van der Waals surface area contributed by atoms with Crippen LogP contribution in [-0.4, -0.2) is 31.7 Å². The third kappa shape index (κ3) is 3.67. The van der Waals surface area contributed by atoms with E-state index in [4.69, 9.17) is 4.74 Å². The molecule has 30 heavy (non-hydrogen) atoms. The van der Waals surface area contributed by atoms with Gasteiger partial charge in [-0.25, -0.2) is 4.68 Å². The molecule has 0 unspecified atom stereocenters. The highest BCUT2D eigenvalue weighted by Gasteiger charge is 2.19. The van der Waals surface area contributed by atoms with Crippen LogP contribution in [-0.2, 0) is 12.8 Å². The lowest BCUT2D eigenvalue weighted by atomic mass is 10.2. The van der Waals surface area contributed by atoms with Crippen molar-refractivity contribution in [2.24, 2.45) is 7.05 Å². The summed E-state index contributed by atoms with van der Waals surface area (Å²) in [5.41, 5.74) is 4.01. The number of aromatic nitrogens is 5. The molecule has 0 amide bonds. The molecule has 0 radical (unpaired) electrons. The second-order valence-corrected chi connectivity index (χ2v) is 7.59. The Bertz CT molecular complexity index is 1220. The number of thioether (sulfide) groups is 1. The minimum Gasteiger partial charge on any atom is -0.497 e. The van der Waals surface area contributed by atoms with Crippen molar-refractivity contribution in [1.82, 2.24) is 24.5 Å². The molecule has 4 aromatic rings. The molecule has 0 atom stereocenters. The molecule has 0 saturated carbocycles. The monoisotopic (exact) mass is 416 g/mol. The summed E-state index contributed by atoms with van der Waals surface area (Å²) < 4.78 is 9.09. The number of hydrogen-bond acceptors (Lipinski definition) is 6. The number of ether oxygens (including phenoxy) is 1. The Kier molecular flexibility index (Phi) is 5.55. The van der Waals surface area contributed by atoms with E-state index in [1.165, 1.54) is 11.8 Å². The highest BCUT2D eigenvalue weighted by atomic mass is 32.2. The molecule has 2 aromatic carbocycles. The van der Waals surface area contributed by atoms with Crippen molar-refractivity contribution in [3.63, 3.8) is 0 Å². The van der Waals surface area contributed by atoms with Crippen LogP contribution in [0.5, 0.6) is 5.75 Å². The van der Waals surface area contributed by atoms with Gasteiger partial charge in [-0.2, -0.15) is 10.4 Å². The van der Waals surface area contributed by atoms with Crippen LogP contribution in [0.15, 0.2) is 59.8 Å². The number of nitrogens with zero attached hydrogens (tertiary/aromatic N) is 6. The van der Waals surface area contributed by atoms with Gasteiger partial charge in [-0.3, -0.25) is 0 Å². The van der Waals surface area contributed by atoms with Gasteiger partial charge in [0, 0.05) is 18.4 Å². The van der Waals surface area contributed by atoms with Crippen molar-refractivity contribution in [2.75, 3.05) is 7.11 Å². The topological polar surface area (TPSA) is 81.6 Å². The Morgan fingerprint density at radius 2 is 1.90 bits per heavy atom. The number of hydrogen-bond donors (Lipinski definition) is 0. The maximum absolute atomic E-state index is 9.66. The van der Waals surface area contributed by atoms with Crippen LogP contribution in [0.2, 0.25) is 0 Å². The van der Waals surface area contributed by atoms with Crippen molar-refractivity contribution >= 4 is 11.8 Å². The summed E-state index contributed by atoms with van der Waals surface area (Å²) in [6, 6.07) is 19.8. The smallest absolute Gasteiger partial charge is 0.191 e. The molecule has 0 aliphatic rings. The van der Waals surface area contributed by atoms with Crippen LogP contribution in [0.4, 0.5) is 0 Å². The minimum atomic E-state index is 0.544. The lowest BCUT2D eigenvalue weighted by Crippen LogP contribution is -2.03. The summed E-state index contributed by atoms with van der Waals surface area (Å²) in [7, 11) is 3.57. The number of benzene rings is 2. The molecule has 8 heteroatoms. The van der Waals surface area contributed by atoms with E-state index in [0.717, 1.165) is 33.7 Å². The fourth-order valence-corrected chi connectivity index (χ4v) is 4.13. The predicted molar refractivity (Wildman–Crippen MR) is 116 cm³/mol. The molecular formula is C22H20N6OS. The van der Waals surface area contributed by atoms with Crippen molar-refractivity contribution in [2.45, 2.75) is 17.8 Å². The van der Waals surface area contributed by atoms with Gasteiger partial charge in [-0.05, 0) is 31.2 Å². The molecular weight excluding hydrogens is 396 g/mol. The summed E-state index contributed by atoms with van der Waals surface area (Å²) in [6.07, 6.45) is 0. The molecule has 150 valence electrons. The quantitative estimate of drug-likeness (QED) is 0.439. The largest absolute Gasteiger partial charge is 0.497 e. The van der Waals surface area contributed by atoms with Crippen LogP contribution in [0, 0.1) is 18.3 Å². The van der Waals surface area contributed by atoms with Crippen molar-refractivity contribution < 1.29 is 4.74 Å². The van der Waals surface area contributed by atoms with Gasteiger partial charge in [-0.1, -0.05) is 42.1 Å². The van der Waals surface area contributed by atoms with Crippen LogP contribution in [0.3, 0.4) is 0 Å². The fourth-order valence-electron chi connectivity index (χ4n) is 3.22. The first-order valence-electron chi connectivity index (χ1n) is 9.33. The number of nitriles is 1. The maximum atomic E-state index is 9.66. The van der Waals surface area contributed by atoms with Crippen LogP contribution in [0.25, 0.3) is 17.1 Å². The summed E-state index contributed by atoms with van der Waals surface area (Å²) in [6.45, 7) is 1.86. The predicted octanol–water partition coefficient (Wildman–Crippen LogP) is 4.15. The Morgan fingerprint density at radius 1 is 1.10 bits per heavy atom. The molecule has 0 aliphatic heterocycles. The summed E-state index contributed by atoms with van der Waals surface area (Å²) in [4.78, 5) is 0. The van der Waals surface area contributed by atoms with E-state index >= 15 is 0 Å². The first kappa shape index (κ1) is 19.7. The average molecular weight is 417 g/mol. The Morgan fingerprint density at radius 3 is 2.63 bits per heavy atom.